The highest BCUT2D eigenvalue weighted by Crippen LogP contribution is 2.16. The molecule has 2 rings (SSSR count). The summed E-state index contributed by atoms with van der Waals surface area (Å²) >= 11 is 0. The zero-order valence-corrected chi connectivity index (χ0v) is 15.6. The van der Waals surface area contributed by atoms with Gasteiger partial charge in [0, 0.05) is 23.4 Å². The van der Waals surface area contributed by atoms with E-state index in [-0.39, 0.29) is 17.6 Å². The molecule has 29 heavy (non-hydrogen) atoms. The predicted molar refractivity (Wildman–Crippen MR) is 108 cm³/mol. The number of hydrogen-bond donors (Lipinski definition) is 5. The molecular formula is C19H23N6O4+. The van der Waals surface area contributed by atoms with Crippen molar-refractivity contribution in [2.24, 2.45) is 11.5 Å². The summed E-state index contributed by atoms with van der Waals surface area (Å²) in [5.74, 6) is -0.745. The molecule has 0 saturated carbocycles. The van der Waals surface area contributed by atoms with Gasteiger partial charge in [0.05, 0.1) is 11.5 Å². The van der Waals surface area contributed by atoms with Crippen molar-refractivity contribution in [2.45, 2.75) is 18.9 Å². The van der Waals surface area contributed by atoms with Crippen LogP contribution in [-0.4, -0.2) is 35.3 Å². The van der Waals surface area contributed by atoms with Crippen LogP contribution in [0.15, 0.2) is 54.6 Å². The van der Waals surface area contributed by atoms with Gasteiger partial charge in [-0.05, 0) is 37.1 Å². The number of nitro groups is 1. The quantitative estimate of drug-likeness (QED) is 0.125. The minimum absolute atomic E-state index is 0.0743. The van der Waals surface area contributed by atoms with Crippen LogP contribution in [0, 0.1) is 10.1 Å². The molecule has 0 heterocycles. The molecule has 0 aliphatic carbocycles. The van der Waals surface area contributed by atoms with Gasteiger partial charge in [-0.1, -0.05) is 18.2 Å². The Morgan fingerprint density at radius 1 is 1.07 bits per heavy atom. The molecule has 2 aromatic carbocycles. The van der Waals surface area contributed by atoms with E-state index in [9.17, 15) is 19.7 Å². The molecule has 0 radical (unpaired) electrons. The first-order chi connectivity index (χ1) is 13.9. The monoisotopic (exact) mass is 399 g/mol. The van der Waals surface area contributed by atoms with Gasteiger partial charge in [0.15, 0.2) is 0 Å². The lowest BCUT2D eigenvalue weighted by molar-refractivity contribution is -0.459. The van der Waals surface area contributed by atoms with Gasteiger partial charge in [0.25, 0.3) is 11.6 Å². The minimum Gasteiger partial charge on any atom is -0.340 e. The molecule has 2 amide bonds. The first-order valence-electron chi connectivity index (χ1n) is 8.90. The number of amides is 2. The SMILES string of the molecule is NC(N)=[NH+]CCC[C@@H](NC(=O)c1ccccc1)C(=O)Nc1ccc([N+](=O)[O-])cc1. The number of carbonyl (C=O) groups excluding carboxylic acids is 2. The summed E-state index contributed by atoms with van der Waals surface area (Å²) in [5.41, 5.74) is 11.4. The molecule has 0 aliphatic heterocycles. The van der Waals surface area contributed by atoms with Gasteiger partial charge >= 0.3 is 5.96 Å². The first kappa shape index (κ1) is 21.4. The van der Waals surface area contributed by atoms with Crippen molar-refractivity contribution in [1.29, 1.82) is 0 Å². The number of anilines is 1. The molecular weight excluding hydrogens is 376 g/mol. The van der Waals surface area contributed by atoms with E-state index < -0.39 is 16.9 Å². The summed E-state index contributed by atoms with van der Waals surface area (Å²) in [5, 5.41) is 16.1. The third-order valence-electron chi connectivity index (χ3n) is 4.00. The summed E-state index contributed by atoms with van der Waals surface area (Å²) in [6.45, 7) is 0.435. The predicted octanol–water partition coefficient (Wildman–Crippen LogP) is -0.534. The largest absolute Gasteiger partial charge is 0.340 e. The number of benzene rings is 2. The third-order valence-corrected chi connectivity index (χ3v) is 4.00. The molecule has 0 spiro atoms. The highest BCUT2D eigenvalue weighted by Gasteiger charge is 2.21. The molecule has 1 atom stereocenters. The number of nitrogens with two attached hydrogens (primary N) is 2. The highest BCUT2D eigenvalue weighted by molar-refractivity contribution is 6.01. The van der Waals surface area contributed by atoms with Crippen molar-refractivity contribution < 1.29 is 19.5 Å². The number of guanidine groups is 1. The van der Waals surface area contributed by atoms with Gasteiger partial charge in [-0.3, -0.25) is 36.2 Å². The Morgan fingerprint density at radius 2 is 1.72 bits per heavy atom. The van der Waals surface area contributed by atoms with E-state index in [2.05, 4.69) is 15.6 Å². The van der Waals surface area contributed by atoms with Crippen LogP contribution in [0.25, 0.3) is 0 Å². The summed E-state index contributed by atoms with van der Waals surface area (Å²) in [6.07, 6.45) is 0.850. The fourth-order valence-corrected chi connectivity index (χ4v) is 2.53. The highest BCUT2D eigenvalue weighted by atomic mass is 16.6. The lowest BCUT2D eigenvalue weighted by atomic mass is 10.1. The minimum atomic E-state index is -0.821. The van der Waals surface area contributed by atoms with Crippen molar-refractivity contribution in [2.75, 3.05) is 11.9 Å². The van der Waals surface area contributed by atoms with Crippen LogP contribution in [0.3, 0.4) is 0 Å². The van der Waals surface area contributed by atoms with Crippen LogP contribution >= 0.6 is 0 Å². The number of nitrogens with one attached hydrogen (secondary N) is 3. The van der Waals surface area contributed by atoms with E-state index in [4.69, 9.17) is 11.5 Å². The Balaban J connectivity index is 2.07. The Labute approximate surface area is 167 Å². The topological polar surface area (TPSA) is 167 Å². The molecule has 152 valence electrons. The molecule has 10 nitrogen and oxygen atoms in total. The van der Waals surface area contributed by atoms with Crippen LogP contribution in [0.4, 0.5) is 11.4 Å². The maximum atomic E-state index is 12.7. The molecule has 10 heteroatoms. The van der Waals surface area contributed by atoms with Crippen LogP contribution in [0.1, 0.15) is 23.2 Å². The van der Waals surface area contributed by atoms with E-state index in [1.807, 2.05) is 0 Å². The number of rotatable bonds is 9. The fraction of sp³-hybridized carbons (Fsp3) is 0.211. The second kappa shape index (κ2) is 10.4. The number of carbonyl (C=O) groups is 2. The van der Waals surface area contributed by atoms with Gasteiger partial charge in [0.2, 0.25) is 5.91 Å². The average molecular weight is 399 g/mol. The van der Waals surface area contributed by atoms with Gasteiger partial charge in [0.1, 0.15) is 6.04 Å². The maximum Gasteiger partial charge on any atom is 0.338 e. The Kier molecular flexibility index (Phi) is 7.66. The van der Waals surface area contributed by atoms with Crippen molar-refractivity contribution >= 4 is 29.1 Å². The van der Waals surface area contributed by atoms with Gasteiger partial charge in [-0.25, -0.2) is 0 Å². The third kappa shape index (κ3) is 6.94. The van der Waals surface area contributed by atoms with Crippen molar-refractivity contribution in [3.05, 3.63) is 70.3 Å². The average Bonchev–Trinajstić information content (AvgIpc) is 2.71. The Morgan fingerprint density at radius 3 is 2.31 bits per heavy atom. The van der Waals surface area contributed by atoms with Crippen LogP contribution in [0.2, 0.25) is 0 Å². The molecule has 0 unspecified atom stereocenters. The van der Waals surface area contributed by atoms with Gasteiger partial charge in [-0.2, -0.15) is 0 Å². The van der Waals surface area contributed by atoms with Gasteiger partial charge in [-0.15, -0.1) is 0 Å². The number of nitro benzene ring substituents is 1. The summed E-state index contributed by atoms with van der Waals surface area (Å²) in [7, 11) is 0. The van der Waals surface area contributed by atoms with E-state index in [1.54, 1.807) is 30.3 Å². The molecule has 2 aromatic rings. The second-order valence-electron chi connectivity index (χ2n) is 6.21. The van der Waals surface area contributed by atoms with Crippen LogP contribution in [-0.2, 0) is 4.79 Å². The Hall–Kier alpha value is -3.95. The summed E-state index contributed by atoms with van der Waals surface area (Å²) in [6, 6.07) is 13.1. The van der Waals surface area contributed by atoms with Crippen molar-refractivity contribution in [1.82, 2.24) is 5.32 Å². The second-order valence-corrected chi connectivity index (χ2v) is 6.21. The lowest BCUT2D eigenvalue weighted by Gasteiger charge is -2.18. The van der Waals surface area contributed by atoms with E-state index in [0.29, 0.717) is 30.6 Å². The standard InChI is InChI=1S/C19H22N6O4/c20-19(21)22-12-4-7-16(24-17(26)13-5-2-1-3-6-13)18(27)23-14-8-10-15(11-9-14)25(28)29/h1-3,5-6,8-11,16H,4,7,12H2,(H,23,27)(H,24,26)(H4,20,21,22)/p+1/t16-/m1/s1. The van der Waals surface area contributed by atoms with Crippen molar-refractivity contribution in [3.63, 3.8) is 0 Å². The number of nitrogens with zero attached hydrogens (tertiary/aromatic N) is 1. The molecule has 7 N–H and O–H groups in total. The Bertz CT molecular complexity index is 879. The van der Waals surface area contributed by atoms with Crippen molar-refractivity contribution in [3.8, 4) is 0 Å². The summed E-state index contributed by atoms with van der Waals surface area (Å²) in [4.78, 5) is 38.1. The molecule has 0 aromatic heterocycles. The fourth-order valence-electron chi connectivity index (χ4n) is 2.53. The van der Waals surface area contributed by atoms with E-state index in [1.165, 1.54) is 24.3 Å². The number of non-ortho nitro benzene ring substituents is 1. The normalized spacial score (nSPS) is 11.2. The molecule has 0 bridgehead atoms. The van der Waals surface area contributed by atoms with Gasteiger partial charge < -0.3 is 10.6 Å². The lowest BCUT2D eigenvalue weighted by Crippen LogP contribution is -2.78. The zero-order valence-electron chi connectivity index (χ0n) is 15.6. The molecule has 0 saturated heterocycles. The zero-order chi connectivity index (χ0) is 21.2. The maximum absolute atomic E-state index is 12.7. The van der Waals surface area contributed by atoms with E-state index >= 15 is 0 Å². The summed E-state index contributed by atoms with van der Waals surface area (Å²) < 4.78 is 0. The van der Waals surface area contributed by atoms with E-state index in [0.717, 1.165) is 0 Å². The smallest absolute Gasteiger partial charge is 0.338 e. The first-order valence-corrected chi connectivity index (χ1v) is 8.90. The van der Waals surface area contributed by atoms with Crippen LogP contribution < -0.4 is 27.1 Å². The van der Waals surface area contributed by atoms with Crippen LogP contribution in [0.5, 0.6) is 0 Å². The molecule has 0 aliphatic rings. The number of hydrogen-bond acceptors (Lipinski definition) is 4. The molecule has 0 fully saturated rings.